The van der Waals surface area contributed by atoms with E-state index in [4.69, 9.17) is 17.8 Å². The fraction of sp³-hybridized carbons (Fsp3) is 0.0667. The Hall–Kier alpha value is -5.46. The summed E-state index contributed by atoms with van der Waals surface area (Å²) in [5.74, 6) is 0. The summed E-state index contributed by atoms with van der Waals surface area (Å²) in [6, 6.07) is -17.8. The van der Waals surface area contributed by atoms with E-state index in [1.54, 1.807) is 0 Å². The van der Waals surface area contributed by atoms with E-state index in [9.17, 15) is 15.1 Å². The highest BCUT2D eigenvalue weighted by molar-refractivity contribution is 6.25. The molecule has 9 aromatic rings. The second-order valence-corrected chi connectivity index (χ2v) is 11.4. The van der Waals surface area contributed by atoms with Crippen LogP contribution in [0.2, 0.25) is 0 Å². The van der Waals surface area contributed by atoms with Gasteiger partial charge in [0, 0.05) is 5.41 Å². The molecule has 0 bridgehead atoms. The molecule has 45 heavy (non-hydrogen) atoms. The highest BCUT2D eigenvalue weighted by atomic mass is 14.4. The van der Waals surface area contributed by atoms with Crippen LogP contribution >= 0.6 is 0 Å². The van der Waals surface area contributed by atoms with Crippen molar-refractivity contribution in [2.45, 2.75) is 19.3 Å². The summed E-state index contributed by atoms with van der Waals surface area (Å²) in [5.41, 5.74) is -4.58. The molecular weight excluding hydrogens is 540 g/mol. The van der Waals surface area contributed by atoms with Gasteiger partial charge in [0.1, 0.15) is 0 Å². The molecule has 0 saturated carbocycles. The molecule has 0 unspecified atom stereocenters. The molecule has 0 atom stereocenters. The number of hydrogen-bond acceptors (Lipinski definition) is 0. The molecule has 0 radical (unpaired) electrons. The fourth-order valence-corrected chi connectivity index (χ4v) is 6.50. The van der Waals surface area contributed by atoms with Crippen LogP contribution in [0.25, 0.3) is 87.2 Å². The van der Waals surface area contributed by atoms with Crippen LogP contribution in [-0.4, -0.2) is 0 Å². The van der Waals surface area contributed by atoms with Crippen molar-refractivity contribution in [1.29, 1.82) is 0 Å². The van der Waals surface area contributed by atoms with Gasteiger partial charge in [-0.1, -0.05) is 153 Å². The zero-order chi connectivity index (χ0) is 50.7. The summed E-state index contributed by atoms with van der Waals surface area (Å²) < 4.78 is 218. The lowest BCUT2D eigenvalue weighted by Gasteiger charge is -2.35. The van der Waals surface area contributed by atoms with Crippen molar-refractivity contribution in [2.75, 3.05) is 0 Å². The normalized spacial score (nSPS) is 21.2. The van der Waals surface area contributed by atoms with Gasteiger partial charge in [-0.15, -0.1) is 0 Å². The van der Waals surface area contributed by atoms with E-state index in [1.165, 1.54) is 13.8 Å². The van der Waals surface area contributed by atoms with E-state index in [0.717, 1.165) is 0 Å². The molecule has 0 N–H and O–H groups in total. The number of rotatable bonds is 2. The maximum atomic E-state index is 9.74. The molecule has 0 aromatic heterocycles. The summed E-state index contributed by atoms with van der Waals surface area (Å²) >= 11 is 0. The third kappa shape index (κ3) is 3.32. The first-order valence-electron chi connectivity index (χ1n) is 26.0. The zero-order valence-corrected chi connectivity index (χ0v) is 23.5. The van der Waals surface area contributed by atoms with Crippen LogP contribution in [0.5, 0.6) is 0 Å². The van der Waals surface area contributed by atoms with Crippen molar-refractivity contribution < 1.29 is 32.9 Å². The van der Waals surface area contributed by atoms with Crippen LogP contribution in [0.3, 0.4) is 0 Å². The molecule has 0 spiro atoms. The van der Waals surface area contributed by atoms with Crippen molar-refractivity contribution >= 4 is 53.9 Å². The Morgan fingerprint density at radius 3 is 1.87 bits per heavy atom. The maximum absolute atomic E-state index is 9.74. The van der Waals surface area contributed by atoms with Crippen molar-refractivity contribution in [3.8, 4) is 33.4 Å². The van der Waals surface area contributed by atoms with Crippen molar-refractivity contribution in [2.24, 2.45) is 0 Å². The summed E-state index contributed by atoms with van der Waals surface area (Å²) in [4.78, 5) is 0. The molecule has 0 aliphatic heterocycles. The minimum atomic E-state index is -1.54. The SMILES string of the molecule is [2H]c1c([2H])c([2H])c2c(c1[2H])-c1c([2H])c([2H])c([2H])c3c(-c4c([2H])c([2H])c([2H])c5c([2H])c(-c6c([2H])c([2H])c7c([2H])c([2H])c8c([2H])c([2H])c([2H])c9c([2H])c([2H])c6c7c89)c([2H])c([2H])c45)c([2H])c([2H])c(c13)C2(C)C. The second-order valence-electron chi connectivity index (χ2n) is 11.4. The lowest BCUT2D eigenvalue weighted by Crippen LogP contribution is -2.23. The molecule has 1 aliphatic carbocycles. The molecule has 210 valence electrons. The van der Waals surface area contributed by atoms with Crippen LogP contribution in [0.15, 0.2) is 145 Å². The van der Waals surface area contributed by atoms with E-state index in [1.807, 2.05) is 0 Å². The second kappa shape index (κ2) is 8.80. The van der Waals surface area contributed by atoms with E-state index in [0.29, 0.717) is 0 Å². The van der Waals surface area contributed by atoms with Gasteiger partial charge < -0.3 is 0 Å². The molecule has 0 heteroatoms. The summed E-state index contributed by atoms with van der Waals surface area (Å²) in [5, 5.41) is -3.85. The lowest BCUT2D eigenvalue weighted by molar-refractivity contribution is 0.645. The number of benzene rings is 9. The third-order valence-electron chi connectivity index (χ3n) is 8.62. The lowest BCUT2D eigenvalue weighted by atomic mass is 9.68. The standard InChI is InChI=1S/C45H30/c1-45(2)40-15-4-3-11-36(40)38-14-7-13-37-35(24-25-41(45)44(37)38)34-12-6-10-30-26-31(20-22-32(30)34)33-21-18-29-17-16-27-8-5-9-28-19-23-39(33)43(29)42(27)28/h3-26H,1-2H3/i3D,4D,5D,6D,7D,8D,9D,10D,11D,12D,13D,14D,15D,16D,17D,18D,19D,20D,21D,22D,23D,24D,25D,26D. The Kier molecular flexibility index (Phi) is 2.18. The summed E-state index contributed by atoms with van der Waals surface area (Å²) in [6.07, 6.45) is 0. The first kappa shape index (κ1) is 11.2. The Balaban J connectivity index is 1.43. The van der Waals surface area contributed by atoms with Crippen molar-refractivity contribution in [3.05, 3.63) is 156 Å². The van der Waals surface area contributed by atoms with Crippen LogP contribution in [-0.2, 0) is 5.41 Å². The molecule has 10 rings (SSSR count). The molecular formula is C45H30. The highest BCUT2D eigenvalue weighted by Gasteiger charge is 2.33. The fourth-order valence-electron chi connectivity index (χ4n) is 6.50. The van der Waals surface area contributed by atoms with Gasteiger partial charge in [-0.3, -0.25) is 0 Å². The van der Waals surface area contributed by atoms with Gasteiger partial charge in [0.25, 0.3) is 0 Å². The Labute approximate surface area is 296 Å². The minimum absolute atomic E-state index is 0.0452. The monoisotopic (exact) mass is 594 g/mol. The minimum Gasteiger partial charge on any atom is -0.0619 e. The smallest absolute Gasteiger partial charge is 0.0619 e. The first-order valence-corrected chi connectivity index (χ1v) is 14.0. The van der Waals surface area contributed by atoms with Crippen molar-refractivity contribution in [3.63, 3.8) is 0 Å². The largest absolute Gasteiger partial charge is 0.0636 e. The summed E-state index contributed by atoms with van der Waals surface area (Å²) in [6.45, 7) is 3.06. The Morgan fingerprint density at radius 1 is 0.378 bits per heavy atom. The van der Waals surface area contributed by atoms with Gasteiger partial charge in [0.2, 0.25) is 0 Å². The molecule has 0 nitrogen and oxygen atoms in total. The third-order valence-corrected chi connectivity index (χ3v) is 8.62. The van der Waals surface area contributed by atoms with Gasteiger partial charge >= 0.3 is 0 Å². The van der Waals surface area contributed by atoms with Crippen LogP contribution in [0.1, 0.15) is 57.9 Å². The van der Waals surface area contributed by atoms with E-state index in [2.05, 4.69) is 0 Å². The highest BCUT2D eigenvalue weighted by Crippen LogP contribution is 2.50. The number of fused-ring (bicyclic) bond motifs is 3. The molecule has 1 aliphatic rings. The van der Waals surface area contributed by atoms with Gasteiger partial charge in [-0.2, -0.15) is 0 Å². The predicted molar refractivity (Wildman–Crippen MR) is 194 cm³/mol. The topological polar surface area (TPSA) is 0 Å². The molecule has 9 aromatic carbocycles. The van der Waals surface area contributed by atoms with Gasteiger partial charge in [0.05, 0.1) is 32.9 Å². The van der Waals surface area contributed by atoms with E-state index >= 15 is 0 Å². The molecule has 0 fully saturated rings. The van der Waals surface area contributed by atoms with E-state index < -0.39 is 194 Å². The average molecular weight is 595 g/mol. The van der Waals surface area contributed by atoms with Crippen LogP contribution in [0, 0.1) is 0 Å². The van der Waals surface area contributed by atoms with Gasteiger partial charge in [-0.05, 0) is 104 Å². The van der Waals surface area contributed by atoms with Crippen molar-refractivity contribution in [1.82, 2.24) is 0 Å². The average Bonchev–Trinajstić information content (AvgIpc) is 3.29. The molecule has 0 heterocycles. The molecule has 0 amide bonds. The predicted octanol–water partition coefficient (Wildman–Crippen LogP) is 12.5. The van der Waals surface area contributed by atoms with Gasteiger partial charge in [0.15, 0.2) is 0 Å². The van der Waals surface area contributed by atoms with Crippen LogP contribution in [0.4, 0.5) is 0 Å². The maximum Gasteiger partial charge on any atom is 0.0636 e. The van der Waals surface area contributed by atoms with Gasteiger partial charge in [-0.25, -0.2) is 0 Å². The first-order chi connectivity index (χ1) is 32.1. The zero-order valence-electron chi connectivity index (χ0n) is 47.5. The van der Waals surface area contributed by atoms with E-state index in [-0.39, 0.29) is 54.6 Å². The van der Waals surface area contributed by atoms with Crippen LogP contribution < -0.4 is 0 Å². The quantitative estimate of drug-likeness (QED) is 0.175. The summed E-state index contributed by atoms with van der Waals surface area (Å²) in [7, 11) is 0. The number of hydrogen-bond donors (Lipinski definition) is 0. The molecule has 0 saturated heterocycles. The Morgan fingerprint density at radius 2 is 0.978 bits per heavy atom. The Bertz CT molecular complexity index is 4000.